The Balaban J connectivity index is 2.13. The van der Waals surface area contributed by atoms with Crippen molar-refractivity contribution in [1.82, 2.24) is 0 Å². The molecule has 86 valence electrons. The summed E-state index contributed by atoms with van der Waals surface area (Å²) in [5.41, 5.74) is 0.830. The van der Waals surface area contributed by atoms with E-state index >= 15 is 0 Å². The average Bonchev–Trinajstić information content (AvgIpc) is 2.32. The number of hydrogen-bond donors (Lipinski definition) is 1. The minimum atomic E-state index is -0.0170. The predicted molar refractivity (Wildman–Crippen MR) is 60.6 cm³/mol. The summed E-state index contributed by atoms with van der Waals surface area (Å²) in [6, 6.07) is 7.52. The molecule has 1 N–H and O–H groups in total. The fourth-order valence-electron chi connectivity index (χ4n) is 1.78. The molecule has 0 aliphatic carbocycles. The molecule has 0 radical (unpaired) electrons. The number of para-hydroxylation sites is 2. The molecule has 0 saturated heterocycles. The zero-order valence-electron chi connectivity index (χ0n) is 9.06. The molecular formula is C12H15NO3. The standard InChI is InChI=1S/C12H15NO3/c14-8-4-3-7-13-10-5-1-2-6-11(10)16-9-12(13)15/h1-2,5-6,14H,3-4,7-9H2. The summed E-state index contributed by atoms with van der Waals surface area (Å²) in [7, 11) is 0. The molecule has 1 aromatic rings. The maximum absolute atomic E-state index is 11.7. The Kier molecular flexibility index (Phi) is 3.41. The Labute approximate surface area is 94.4 Å². The molecule has 4 heteroatoms. The van der Waals surface area contributed by atoms with Crippen LogP contribution in [0.15, 0.2) is 24.3 Å². The maximum Gasteiger partial charge on any atom is 0.265 e. The summed E-state index contributed by atoms with van der Waals surface area (Å²) in [4.78, 5) is 13.4. The first kappa shape index (κ1) is 11.0. The van der Waals surface area contributed by atoms with Crippen LogP contribution in [0.2, 0.25) is 0 Å². The van der Waals surface area contributed by atoms with Crippen molar-refractivity contribution in [3.63, 3.8) is 0 Å². The predicted octanol–water partition coefficient (Wildman–Crippen LogP) is 1.18. The zero-order valence-corrected chi connectivity index (χ0v) is 9.06. The van der Waals surface area contributed by atoms with E-state index in [1.54, 1.807) is 4.90 Å². The summed E-state index contributed by atoms with van der Waals surface area (Å²) in [5.74, 6) is 0.739. The van der Waals surface area contributed by atoms with Crippen molar-refractivity contribution in [2.45, 2.75) is 12.8 Å². The highest BCUT2D eigenvalue weighted by atomic mass is 16.5. The lowest BCUT2D eigenvalue weighted by Crippen LogP contribution is -2.39. The van der Waals surface area contributed by atoms with Crippen LogP contribution in [-0.2, 0) is 4.79 Å². The summed E-state index contributed by atoms with van der Waals surface area (Å²) < 4.78 is 5.33. The van der Waals surface area contributed by atoms with Crippen LogP contribution < -0.4 is 9.64 Å². The highest BCUT2D eigenvalue weighted by molar-refractivity contribution is 5.97. The smallest absolute Gasteiger partial charge is 0.265 e. The van der Waals surface area contributed by atoms with E-state index < -0.39 is 0 Å². The van der Waals surface area contributed by atoms with Gasteiger partial charge in [0.05, 0.1) is 5.69 Å². The number of rotatable bonds is 4. The van der Waals surface area contributed by atoms with Crippen LogP contribution in [0, 0.1) is 0 Å². The van der Waals surface area contributed by atoms with Gasteiger partial charge < -0.3 is 14.7 Å². The van der Waals surface area contributed by atoms with E-state index in [-0.39, 0.29) is 19.1 Å². The van der Waals surface area contributed by atoms with Gasteiger partial charge in [-0.25, -0.2) is 0 Å². The SMILES string of the molecule is O=C1COc2ccccc2N1CCCCO. The van der Waals surface area contributed by atoms with Gasteiger partial charge in [-0.1, -0.05) is 12.1 Å². The average molecular weight is 221 g/mol. The maximum atomic E-state index is 11.7. The number of hydrogen-bond acceptors (Lipinski definition) is 3. The van der Waals surface area contributed by atoms with E-state index in [2.05, 4.69) is 0 Å². The van der Waals surface area contributed by atoms with Crippen LogP contribution in [0.4, 0.5) is 5.69 Å². The lowest BCUT2D eigenvalue weighted by molar-refractivity contribution is -0.121. The first-order chi connectivity index (χ1) is 7.83. The number of aliphatic hydroxyl groups excluding tert-OH is 1. The summed E-state index contributed by atoms with van der Waals surface area (Å²) in [6.45, 7) is 0.913. The van der Waals surface area contributed by atoms with Crippen LogP contribution in [0.1, 0.15) is 12.8 Å². The van der Waals surface area contributed by atoms with Crippen molar-refractivity contribution in [3.05, 3.63) is 24.3 Å². The molecule has 1 aliphatic rings. The van der Waals surface area contributed by atoms with Gasteiger partial charge in [-0.05, 0) is 25.0 Å². The second-order valence-electron chi connectivity index (χ2n) is 3.73. The number of carbonyl (C=O) groups is 1. The molecule has 1 aliphatic heterocycles. The second-order valence-corrected chi connectivity index (χ2v) is 3.73. The second kappa shape index (κ2) is 4.99. The molecule has 0 spiro atoms. The van der Waals surface area contributed by atoms with Crippen LogP contribution in [0.25, 0.3) is 0 Å². The number of benzene rings is 1. The molecule has 2 rings (SSSR count). The van der Waals surface area contributed by atoms with E-state index in [0.29, 0.717) is 13.0 Å². The molecule has 0 bridgehead atoms. The number of nitrogens with zero attached hydrogens (tertiary/aromatic N) is 1. The van der Waals surface area contributed by atoms with Crippen LogP contribution in [0.3, 0.4) is 0 Å². The normalized spacial score (nSPS) is 14.6. The molecule has 1 aromatic carbocycles. The monoisotopic (exact) mass is 221 g/mol. The van der Waals surface area contributed by atoms with E-state index in [1.165, 1.54) is 0 Å². The van der Waals surface area contributed by atoms with Gasteiger partial charge in [0.25, 0.3) is 5.91 Å². The molecule has 0 unspecified atom stereocenters. The molecule has 4 nitrogen and oxygen atoms in total. The Bertz CT molecular complexity index is 378. The number of amides is 1. The Morgan fingerprint density at radius 2 is 2.12 bits per heavy atom. The number of unbranched alkanes of at least 4 members (excludes halogenated alkanes) is 1. The van der Waals surface area contributed by atoms with E-state index in [9.17, 15) is 4.79 Å². The topological polar surface area (TPSA) is 49.8 Å². The van der Waals surface area contributed by atoms with E-state index in [1.807, 2.05) is 24.3 Å². The number of aliphatic hydroxyl groups is 1. The summed E-state index contributed by atoms with van der Waals surface area (Å²) in [6.07, 6.45) is 1.52. The van der Waals surface area contributed by atoms with E-state index in [4.69, 9.17) is 9.84 Å². The highest BCUT2D eigenvalue weighted by Gasteiger charge is 2.24. The number of fused-ring (bicyclic) bond motifs is 1. The zero-order chi connectivity index (χ0) is 11.4. The molecule has 1 heterocycles. The van der Waals surface area contributed by atoms with Gasteiger partial charge in [0, 0.05) is 13.2 Å². The fourth-order valence-corrected chi connectivity index (χ4v) is 1.78. The van der Waals surface area contributed by atoms with Gasteiger partial charge >= 0.3 is 0 Å². The van der Waals surface area contributed by atoms with Crippen molar-refractivity contribution < 1.29 is 14.6 Å². The third-order valence-corrected chi connectivity index (χ3v) is 2.60. The van der Waals surface area contributed by atoms with Crippen molar-refractivity contribution in [3.8, 4) is 5.75 Å². The van der Waals surface area contributed by atoms with Gasteiger partial charge in [-0.15, -0.1) is 0 Å². The Hall–Kier alpha value is -1.55. The molecule has 0 aromatic heterocycles. The van der Waals surface area contributed by atoms with Crippen molar-refractivity contribution in [2.75, 3.05) is 24.7 Å². The molecular weight excluding hydrogens is 206 g/mol. The summed E-state index contributed by atoms with van der Waals surface area (Å²) >= 11 is 0. The molecule has 0 fully saturated rings. The van der Waals surface area contributed by atoms with Gasteiger partial charge in [-0.2, -0.15) is 0 Å². The molecule has 0 saturated carbocycles. The van der Waals surface area contributed by atoms with Crippen LogP contribution in [-0.4, -0.2) is 30.8 Å². The highest BCUT2D eigenvalue weighted by Crippen LogP contribution is 2.31. The van der Waals surface area contributed by atoms with Crippen molar-refractivity contribution >= 4 is 11.6 Å². The lowest BCUT2D eigenvalue weighted by atomic mass is 10.2. The third kappa shape index (κ3) is 2.17. The third-order valence-electron chi connectivity index (χ3n) is 2.60. The minimum Gasteiger partial charge on any atom is -0.482 e. The van der Waals surface area contributed by atoms with Crippen LogP contribution >= 0.6 is 0 Å². The number of ether oxygens (including phenoxy) is 1. The number of carbonyl (C=O) groups excluding carboxylic acids is 1. The quantitative estimate of drug-likeness (QED) is 0.777. The van der Waals surface area contributed by atoms with E-state index in [0.717, 1.165) is 17.9 Å². The number of anilines is 1. The largest absolute Gasteiger partial charge is 0.482 e. The molecule has 16 heavy (non-hydrogen) atoms. The lowest BCUT2D eigenvalue weighted by Gasteiger charge is -2.29. The first-order valence-electron chi connectivity index (χ1n) is 5.46. The van der Waals surface area contributed by atoms with Gasteiger partial charge in [0.15, 0.2) is 6.61 Å². The summed E-state index contributed by atoms with van der Waals surface area (Å²) in [5, 5.41) is 8.73. The van der Waals surface area contributed by atoms with Crippen molar-refractivity contribution in [1.29, 1.82) is 0 Å². The van der Waals surface area contributed by atoms with Crippen LogP contribution in [0.5, 0.6) is 5.75 Å². The Morgan fingerprint density at radius 3 is 2.94 bits per heavy atom. The van der Waals surface area contributed by atoms with Gasteiger partial charge in [0.2, 0.25) is 0 Å². The van der Waals surface area contributed by atoms with Gasteiger partial charge in [-0.3, -0.25) is 4.79 Å². The van der Waals surface area contributed by atoms with Gasteiger partial charge in [0.1, 0.15) is 5.75 Å². The first-order valence-corrected chi connectivity index (χ1v) is 5.46. The fraction of sp³-hybridized carbons (Fsp3) is 0.417. The minimum absolute atomic E-state index is 0.0170. The molecule has 1 amide bonds. The van der Waals surface area contributed by atoms with Crippen molar-refractivity contribution in [2.24, 2.45) is 0 Å². The molecule has 0 atom stereocenters. The Morgan fingerprint density at radius 1 is 1.31 bits per heavy atom.